The number of carboxylic acids is 1. The summed E-state index contributed by atoms with van der Waals surface area (Å²) in [4.78, 5) is 22.4. The lowest BCUT2D eigenvalue weighted by Crippen LogP contribution is -2.54. The van der Waals surface area contributed by atoms with Gasteiger partial charge < -0.3 is 15.2 Å². The Labute approximate surface area is 94.5 Å². The Morgan fingerprint density at radius 1 is 1.56 bits per heavy atom. The van der Waals surface area contributed by atoms with Gasteiger partial charge in [-0.1, -0.05) is 6.08 Å². The summed E-state index contributed by atoms with van der Waals surface area (Å²) in [7, 11) is 1.40. The van der Waals surface area contributed by atoms with E-state index in [4.69, 9.17) is 9.84 Å². The Morgan fingerprint density at radius 3 is 2.62 bits per heavy atom. The van der Waals surface area contributed by atoms with Gasteiger partial charge in [-0.25, -0.2) is 4.79 Å². The quantitative estimate of drug-likeness (QED) is 0.650. The Morgan fingerprint density at radius 2 is 2.19 bits per heavy atom. The van der Waals surface area contributed by atoms with E-state index in [-0.39, 0.29) is 6.61 Å². The summed E-state index contributed by atoms with van der Waals surface area (Å²) in [6.45, 7) is 1.35. The van der Waals surface area contributed by atoms with Crippen LogP contribution >= 0.6 is 0 Å². The molecule has 5 nitrogen and oxygen atoms in total. The molecular weight excluding hydrogens is 210 g/mol. The molecule has 16 heavy (non-hydrogen) atoms. The van der Waals surface area contributed by atoms with E-state index in [1.807, 2.05) is 6.08 Å². The molecule has 5 heteroatoms. The summed E-state index contributed by atoms with van der Waals surface area (Å²) in [5, 5.41) is 11.4. The van der Waals surface area contributed by atoms with Crippen molar-refractivity contribution in [3.05, 3.63) is 12.2 Å². The van der Waals surface area contributed by atoms with Crippen LogP contribution in [0.3, 0.4) is 0 Å². The van der Waals surface area contributed by atoms with Crippen molar-refractivity contribution in [2.75, 3.05) is 13.7 Å². The first-order valence-corrected chi connectivity index (χ1v) is 5.20. The molecule has 1 fully saturated rings. The molecule has 0 aromatic heterocycles. The molecule has 1 amide bonds. The molecule has 0 aromatic rings. The summed E-state index contributed by atoms with van der Waals surface area (Å²) < 4.78 is 4.79. The van der Waals surface area contributed by atoms with Crippen LogP contribution in [0.1, 0.15) is 19.8 Å². The van der Waals surface area contributed by atoms with Crippen molar-refractivity contribution in [3.8, 4) is 0 Å². The second-order valence-corrected chi connectivity index (χ2v) is 4.26. The lowest BCUT2D eigenvalue weighted by Gasteiger charge is -2.24. The van der Waals surface area contributed by atoms with E-state index in [2.05, 4.69) is 5.32 Å². The molecule has 0 aliphatic heterocycles. The zero-order valence-corrected chi connectivity index (χ0v) is 9.53. The number of carbonyl (C=O) groups excluding carboxylic acids is 1. The average Bonchev–Trinajstić information content (AvgIpc) is 2.98. The SMILES string of the molecule is COCC(C)(NC(=O)/C=C/C1CC1)C(=O)O. The predicted octanol–water partition coefficient (Wildman–Crippen LogP) is 0.558. The van der Waals surface area contributed by atoms with Gasteiger partial charge in [-0.15, -0.1) is 0 Å². The van der Waals surface area contributed by atoms with Crippen molar-refractivity contribution in [1.82, 2.24) is 5.32 Å². The Bertz CT molecular complexity index is 309. The topological polar surface area (TPSA) is 75.6 Å². The first-order chi connectivity index (χ1) is 7.48. The van der Waals surface area contributed by atoms with E-state index in [1.54, 1.807) is 0 Å². The molecule has 0 radical (unpaired) electrons. The van der Waals surface area contributed by atoms with Gasteiger partial charge in [0.15, 0.2) is 5.54 Å². The number of aliphatic carboxylic acids is 1. The van der Waals surface area contributed by atoms with Crippen LogP contribution < -0.4 is 5.32 Å². The normalized spacial score (nSPS) is 19.4. The minimum atomic E-state index is -1.38. The summed E-state index contributed by atoms with van der Waals surface area (Å²) in [5.41, 5.74) is -1.38. The molecule has 90 valence electrons. The standard InChI is InChI=1S/C11H17NO4/c1-11(7-16-2,10(14)15)12-9(13)6-5-8-3-4-8/h5-6,8H,3-4,7H2,1-2H3,(H,12,13)(H,14,15)/b6-5+. The summed E-state index contributed by atoms with van der Waals surface area (Å²) >= 11 is 0. The van der Waals surface area contributed by atoms with Crippen molar-refractivity contribution >= 4 is 11.9 Å². The highest BCUT2D eigenvalue weighted by molar-refractivity contribution is 5.93. The molecule has 0 aromatic carbocycles. The molecule has 1 unspecified atom stereocenters. The van der Waals surface area contributed by atoms with Crippen LogP contribution in [0.2, 0.25) is 0 Å². The number of rotatable bonds is 6. The van der Waals surface area contributed by atoms with Crippen LogP contribution in [0, 0.1) is 5.92 Å². The number of nitrogens with one attached hydrogen (secondary N) is 1. The van der Waals surface area contributed by atoms with Gasteiger partial charge in [-0.05, 0) is 31.8 Å². The smallest absolute Gasteiger partial charge is 0.331 e. The van der Waals surface area contributed by atoms with Crippen LogP contribution in [-0.4, -0.2) is 36.2 Å². The number of hydrogen-bond donors (Lipinski definition) is 2. The largest absolute Gasteiger partial charge is 0.479 e. The summed E-state index contributed by atoms with van der Waals surface area (Å²) in [6.07, 6.45) is 5.43. The van der Waals surface area contributed by atoms with Crippen molar-refractivity contribution in [2.24, 2.45) is 5.92 Å². The van der Waals surface area contributed by atoms with E-state index in [0.717, 1.165) is 12.8 Å². The molecule has 0 heterocycles. The lowest BCUT2D eigenvalue weighted by molar-refractivity contribution is -0.148. The molecule has 1 aliphatic carbocycles. The van der Waals surface area contributed by atoms with Gasteiger partial charge in [-0.3, -0.25) is 4.79 Å². The van der Waals surface area contributed by atoms with Gasteiger partial charge in [-0.2, -0.15) is 0 Å². The summed E-state index contributed by atoms with van der Waals surface area (Å²) in [5.74, 6) is -1.01. The highest BCUT2D eigenvalue weighted by Gasteiger charge is 2.34. The van der Waals surface area contributed by atoms with Gasteiger partial charge in [0, 0.05) is 7.11 Å². The third-order valence-electron chi connectivity index (χ3n) is 2.45. The van der Waals surface area contributed by atoms with Gasteiger partial charge in [0.2, 0.25) is 5.91 Å². The maximum atomic E-state index is 11.5. The second kappa shape index (κ2) is 5.12. The van der Waals surface area contributed by atoms with Crippen LogP contribution in [0.5, 0.6) is 0 Å². The van der Waals surface area contributed by atoms with Crippen molar-refractivity contribution in [1.29, 1.82) is 0 Å². The zero-order chi connectivity index (χ0) is 12.2. The molecule has 1 atom stereocenters. The first-order valence-electron chi connectivity index (χ1n) is 5.20. The predicted molar refractivity (Wildman–Crippen MR) is 57.9 cm³/mol. The average molecular weight is 227 g/mol. The maximum Gasteiger partial charge on any atom is 0.331 e. The van der Waals surface area contributed by atoms with Crippen molar-refractivity contribution in [3.63, 3.8) is 0 Å². The van der Waals surface area contributed by atoms with E-state index in [1.165, 1.54) is 20.1 Å². The third-order valence-corrected chi connectivity index (χ3v) is 2.45. The molecule has 1 aliphatic rings. The van der Waals surface area contributed by atoms with E-state index in [0.29, 0.717) is 5.92 Å². The fourth-order valence-electron chi connectivity index (χ4n) is 1.27. The van der Waals surface area contributed by atoms with E-state index in [9.17, 15) is 9.59 Å². The Balaban J connectivity index is 2.52. The van der Waals surface area contributed by atoms with Gasteiger partial charge in [0.1, 0.15) is 0 Å². The number of hydrogen-bond acceptors (Lipinski definition) is 3. The number of ether oxygens (including phenoxy) is 1. The molecule has 1 saturated carbocycles. The zero-order valence-electron chi connectivity index (χ0n) is 9.53. The second-order valence-electron chi connectivity index (χ2n) is 4.26. The number of amides is 1. The van der Waals surface area contributed by atoms with Crippen LogP contribution in [0.25, 0.3) is 0 Å². The maximum absolute atomic E-state index is 11.5. The van der Waals surface area contributed by atoms with E-state index < -0.39 is 17.4 Å². The van der Waals surface area contributed by atoms with Crippen LogP contribution in [-0.2, 0) is 14.3 Å². The highest BCUT2D eigenvalue weighted by Crippen LogP contribution is 2.29. The van der Waals surface area contributed by atoms with Crippen LogP contribution in [0.15, 0.2) is 12.2 Å². The fraction of sp³-hybridized carbons (Fsp3) is 0.636. The van der Waals surface area contributed by atoms with Crippen LogP contribution in [0.4, 0.5) is 0 Å². The van der Waals surface area contributed by atoms with Crippen molar-refractivity contribution < 1.29 is 19.4 Å². The van der Waals surface area contributed by atoms with Gasteiger partial charge in [0.05, 0.1) is 6.61 Å². The Hall–Kier alpha value is -1.36. The molecule has 0 bridgehead atoms. The number of carbonyl (C=O) groups is 2. The molecule has 2 N–H and O–H groups in total. The number of allylic oxidation sites excluding steroid dienone is 1. The number of methoxy groups -OCH3 is 1. The van der Waals surface area contributed by atoms with Gasteiger partial charge in [0.25, 0.3) is 0 Å². The molecule has 0 spiro atoms. The first kappa shape index (κ1) is 12.7. The van der Waals surface area contributed by atoms with E-state index >= 15 is 0 Å². The molecule has 0 saturated heterocycles. The third kappa shape index (κ3) is 3.66. The molecular formula is C11H17NO4. The Kier molecular flexibility index (Phi) is 4.06. The minimum Gasteiger partial charge on any atom is -0.479 e. The monoisotopic (exact) mass is 227 g/mol. The molecule has 1 rings (SSSR count). The lowest BCUT2D eigenvalue weighted by atomic mass is 10.0. The van der Waals surface area contributed by atoms with Crippen molar-refractivity contribution in [2.45, 2.75) is 25.3 Å². The fourth-order valence-corrected chi connectivity index (χ4v) is 1.27. The number of carboxylic acid groups (broad SMARTS) is 1. The van der Waals surface area contributed by atoms with Gasteiger partial charge >= 0.3 is 5.97 Å². The minimum absolute atomic E-state index is 0.0641. The highest BCUT2D eigenvalue weighted by atomic mass is 16.5. The summed E-state index contributed by atoms with van der Waals surface area (Å²) in [6, 6.07) is 0.